The molecule has 0 bridgehead atoms. The molecule has 1 saturated heterocycles. The number of piperazine rings is 1. The van der Waals surface area contributed by atoms with Crippen molar-refractivity contribution < 1.29 is 14.0 Å². The Kier molecular flexibility index (Phi) is 4.90. The maximum atomic E-state index is 13.5. The van der Waals surface area contributed by atoms with E-state index in [-0.39, 0.29) is 12.4 Å². The molecule has 2 amide bonds. The number of carbonyl (C=O) groups is 2. The molecule has 6 heteroatoms. The van der Waals surface area contributed by atoms with Crippen molar-refractivity contribution in [2.45, 2.75) is 20.4 Å². The van der Waals surface area contributed by atoms with E-state index in [0.29, 0.717) is 37.3 Å². The second kappa shape index (κ2) is 6.67. The third kappa shape index (κ3) is 3.78. The molecular weight excluding hydrogens is 273 g/mol. The zero-order chi connectivity index (χ0) is 15.4. The Labute approximate surface area is 123 Å². The molecule has 0 aliphatic carbocycles. The second-order valence-corrected chi connectivity index (χ2v) is 5.27. The van der Waals surface area contributed by atoms with Crippen molar-refractivity contribution >= 4 is 11.8 Å². The van der Waals surface area contributed by atoms with Gasteiger partial charge in [-0.25, -0.2) is 4.39 Å². The average Bonchev–Trinajstić information content (AvgIpc) is 2.50. The minimum atomic E-state index is -0.614. The van der Waals surface area contributed by atoms with Gasteiger partial charge in [0.1, 0.15) is 5.82 Å². The third-order valence-corrected chi connectivity index (χ3v) is 3.55. The van der Waals surface area contributed by atoms with Crippen molar-refractivity contribution in [3.05, 3.63) is 34.6 Å². The average molecular weight is 293 g/mol. The molecule has 5 nitrogen and oxygen atoms in total. The van der Waals surface area contributed by atoms with Gasteiger partial charge < -0.3 is 15.5 Å². The van der Waals surface area contributed by atoms with Crippen LogP contribution in [0.2, 0.25) is 0 Å². The standard InChI is InChI=1S/C15H20FN3O2/c1-10-7-12(8-11(2)13(10)16)9-18-14(20)15(21)19-5-3-17-4-6-19/h7-8,17H,3-6,9H2,1-2H3,(H,18,20). The van der Waals surface area contributed by atoms with Gasteiger partial charge in [0.15, 0.2) is 0 Å². The summed E-state index contributed by atoms with van der Waals surface area (Å²) in [6, 6.07) is 3.36. The van der Waals surface area contributed by atoms with E-state index in [9.17, 15) is 14.0 Å². The second-order valence-electron chi connectivity index (χ2n) is 5.27. The van der Waals surface area contributed by atoms with Crippen molar-refractivity contribution in [1.82, 2.24) is 15.5 Å². The number of benzene rings is 1. The fourth-order valence-corrected chi connectivity index (χ4v) is 2.41. The Morgan fingerprint density at radius 1 is 1.24 bits per heavy atom. The van der Waals surface area contributed by atoms with E-state index in [1.54, 1.807) is 26.0 Å². The van der Waals surface area contributed by atoms with E-state index >= 15 is 0 Å². The van der Waals surface area contributed by atoms with Gasteiger partial charge in [0.2, 0.25) is 0 Å². The summed E-state index contributed by atoms with van der Waals surface area (Å²) in [5, 5.41) is 5.72. The Balaban J connectivity index is 1.93. The maximum absolute atomic E-state index is 13.5. The number of aryl methyl sites for hydroxylation is 2. The molecule has 0 unspecified atom stereocenters. The van der Waals surface area contributed by atoms with Crippen LogP contribution in [0, 0.1) is 19.7 Å². The zero-order valence-corrected chi connectivity index (χ0v) is 12.3. The van der Waals surface area contributed by atoms with Gasteiger partial charge in [-0.1, -0.05) is 12.1 Å². The van der Waals surface area contributed by atoms with Crippen LogP contribution in [0.25, 0.3) is 0 Å². The van der Waals surface area contributed by atoms with Crippen LogP contribution >= 0.6 is 0 Å². The van der Waals surface area contributed by atoms with Crippen molar-refractivity contribution in [3.63, 3.8) is 0 Å². The molecule has 0 atom stereocenters. The van der Waals surface area contributed by atoms with E-state index in [1.807, 2.05) is 0 Å². The predicted octanol–water partition coefficient (Wildman–Crippen LogP) is 0.491. The quantitative estimate of drug-likeness (QED) is 0.780. The Hall–Kier alpha value is -1.95. The van der Waals surface area contributed by atoms with Crippen molar-refractivity contribution in [2.24, 2.45) is 0 Å². The number of nitrogens with zero attached hydrogens (tertiary/aromatic N) is 1. The lowest BCUT2D eigenvalue weighted by molar-refractivity contribution is -0.146. The fourth-order valence-electron chi connectivity index (χ4n) is 2.41. The highest BCUT2D eigenvalue weighted by molar-refractivity contribution is 6.34. The first-order valence-corrected chi connectivity index (χ1v) is 7.02. The highest BCUT2D eigenvalue weighted by Crippen LogP contribution is 2.14. The molecule has 2 rings (SSSR count). The first-order valence-electron chi connectivity index (χ1n) is 7.02. The van der Waals surface area contributed by atoms with Crippen LogP contribution in [0.3, 0.4) is 0 Å². The first kappa shape index (κ1) is 15.4. The molecule has 1 aliphatic heterocycles. The number of carbonyl (C=O) groups excluding carboxylic acids is 2. The van der Waals surface area contributed by atoms with E-state index in [4.69, 9.17) is 0 Å². The summed E-state index contributed by atoms with van der Waals surface area (Å²) in [4.78, 5) is 25.3. The number of hydrogen-bond donors (Lipinski definition) is 2. The highest BCUT2D eigenvalue weighted by Gasteiger charge is 2.22. The lowest BCUT2D eigenvalue weighted by Crippen LogP contribution is -2.51. The van der Waals surface area contributed by atoms with Gasteiger partial charge in [0.05, 0.1) is 0 Å². The molecule has 0 spiro atoms. The maximum Gasteiger partial charge on any atom is 0.311 e. The van der Waals surface area contributed by atoms with Gasteiger partial charge in [-0.3, -0.25) is 9.59 Å². The molecule has 114 valence electrons. The molecule has 1 fully saturated rings. The van der Waals surface area contributed by atoms with Gasteiger partial charge in [-0.15, -0.1) is 0 Å². The predicted molar refractivity (Wildman–Crippen MR) is 77.2 cm³/mol. The van der Waals surface area contributed by atoms with Crippen molar-refractivity contribution in [3.8, 4) is 0 Å². The normalized spacial score (nSPS) is 14.9. The molecule has 0 radical (unpaired) electrons. The largest absolute Gasteiger partial charge is 0.344 e. The van der Waals surface area contributed by atoms with Crippen LogP contribution in [0.4, 0.5) is 4.39 Å². The van der Waals surface area contributed by atoms with Crippen LogP contribution in [-0.2, 0) is 16.1 Å². The fraction of sp³-hybridized carbons (Fsp3) is 0.467. The molecular formula is C15H20FN3O2. The zero-order valence-electron chi connectivity index (χ0n) is 12.3. The molecule has 1 heterocycles. The lowest BCUT2D eigenvalue weighted by Gasteiger charge is -2.26. The molecule has 1 aliphatic rings. The third-order valence-electron chi connectivity index (χ3n) is 3.55. The SMILES string of the molecule is Cc1cc(CNC(=O)C(=O)N2CCNCC2)cc(C)c1F. The van der Waals surface area contributed by atoms with E-state index in [0.717, 1.165) is 5.56 Å². The Morgan fingerprint density at radius 3 is 2.38 bits per heavy atom. The summed E-state index contributed by atoms with van der Waals surface area (Å²) in [6.07, 6.45) is 0. The molecule has 1 aromatic carbocycles. The minimum Gasteiger partial charge on any atom is -0.344 e. The molecule has 2 N–H and O–H groups in total. The number of halogens is 1. The topological polar surface area (TPSA) is 61.4 Å². The summed E-state index contributed by atoms with van der Waals surface area (Å²) in [7, 11) is 0. The number of rotatable bonds is 2. The smallest absolute Gasteiger partial charge is 0.311 e. The van der Waals surface area contributed by atoms with Gasteiger partial charge in [-0.05, 0) is 30.5 Å². The van der Waals surface area contributed by atoms with Gasteiger partial charge in [-0.2, -0.15) is 0 Å². The lowest BCUT2D eigenvalue weighted by atomic mass is 10.1. The number of nitrogens with one attached hydrogen (secondary N) is 2. The summed E-state index contributed by atoms with van der Waals surface area (Å²) in [5.74, 6) is -1.36. The molecule has 0 saturated carbocycles. The van der Waals surface area contributed by atoms with E-state index in [1.165, 1.54) is 4.90 Å². The molecule has 1 aromatic rings. The number of amides is 2. The summed E-state index contributed by atoms with van der Waals surface area (Å²) in [5.41, 5.74) is 1.85. The summed E-state index contributed by atoms with van der Waals surface area (Å²) < 4.78 is 13.5. The monoisotopic (exact) mass is 293 g/mol. The van der Waals surface area contributed by atoms with Crippen LogP contribution in [0.5, 0.6) is 0 Å². The van der Waals surface area contributed by atoms with Gasteiger partial charge in [0.25, 0.3) is 0 Å². The van der Waals surface area contributed by atoms with Crippen molar-refractivity contribution in [1.29, 1.82) is 0 Å². The van der Waals surface area contributed by atoms with E-state index in [2.05, 4.69) is 10.6 Å². The van der Waals surface area contributed by atoms with Crippen molar-refractivity contribution in [2.75, 3.05) is 26.2 Å². The van der Waals surface area contributed by atoms with Crippen LogP contribution in [0.15, 0.2) is 12.1 Å². The van der Waals surface area contributed by atoms with E-state index < -0.39 is 11.8 Å². The molecule has 21 heavy (non-hydrogen) atoms. The summed E-state index contributed by atoms with van der Waals surface area (Å²) >= 11 is 0. The number of hydrogen-bond acceptors (Lipinski definition) is 3. The minimum absolute atomic E-state index is 0.221. The molecule has 0 aromatic heterocycles. The first-order chi connectivity index (χ1) is 9.99. The summed E-state index contributed by atoms with van der Waals surface area (Å²) in [6.45, 7) is 6.07. The Bertz CT molecular complexity index is 531. The van der Waals surface area contributed by atoms with Gasteiger partial charge in [0, 0.05) is 32.7 Å². The highest BCUT2D eigenvalue weighted by atomic mass is 19.1. The Morgan fingerprint density at radius 2 is 1.81 bits per heavy atom. The van der Waals surface area contributed by atoms with Crippen LogP contribution < -0.4 is 10.6 Å². The van der Waals surface area contributed by atoms with Crippen LogP contribution in [0.1, 0.15) is 16.7 Å². The van der Waals surface area contributed by atoms with Crippen LogP contribution in [-0.4, -0.2) is 42.9 Å². The van der Waals surface area contributed by atoms with Gasteiger partial charge >= 0.3 is 11.8 Å².